The number of hydrogen-bond acceptors (Lipinski definition) is 2. The Labute approximate surface area is 133 Å². The minimum atomic E-state index is -0.155. The highest BCUT2D eigenvalue weighted by atomic mass is 16.1. The highest BCUT2D eigenvalue weighted by molar-refractivity contribution is 5.97. The van der Waals surface area contributed by atoms with Gasteiger partial charge in [-0.15, -0.1) is 0 Å². The largest absolute Gasteiger partial charge is 0.295 e. The van der Waals surface area contributed by atoms with E-state index in [4.69, 9.17) is 0 Å². The van der Waals surface area contributed by atoms with E-state index in [1.807, 2.05) is 12.2 Å². The second-order valence-corrected chi connectivity index (χ2v) is 8.62. The van der Waals surface area contributed by atoms with Gasteiger partial charge in [0.25, 0.3) is 0 Å². The summed E-state index contributed by atoms with van der Waals surface area (Å²) in [7, 11) is 0. The van der Waals surface area contributed by atoms with Gasteiger partial charge in [0.15, 0.2) is 11.6 Å². The fourth-order valence-electron chi connectivity index (χ4n) is 6.17. The summed E-state index contributed by atoms with van der Waals surface area (Å²) < 4.78 is 0. The molecule has 0 amide bonds. The molecule has 4 rings (SSSR count). The fraction of sp³-hybridized carbons (Fsp3) is 0.700. The van der Waals surface area contributed by atoms with E-state index in [1.165, 1.54) is 5.57 Å². The molecule has 0 N–H and O–H groups in total. The lowest BCUT2D eigenvalue weighted by Gasteiger charge is -2.58. The number of carbonyl (C=O) groups excluding carboxylic acids is 2. The SMILES string of the molecule is CC1CC2=CC(=O)CCC2(C)C2CCC3(C)C(=O)C=CC3C12. The molecule has 6 atom stereocenters. The first-order valence-electron chi connectivity index (χ1n) is 8.83. The average molecular weight is 298 g/mol. The molecule has 0 spiro atoms. The van der Waals surface area contributed by atoms with Crippen LogP contribution in [-0.4, -0.2) is 11.6 Å². The minimum Gasteiger partial charge on any atom is -0.295 e. The van der Waals surface area contributed by atoms with Crippen molar-refractivity contribution in [2.75, 3.05) is 0 Å². The van der Waals surface area contributed by atoms with Crippen molar-refractivity contribution >= 4 is 11.6 Å². The Morgan fingerprint density at radius 2 is 1.91 bits per heavy atom. The molecule has 2 fully saturated rings. The summed E-state index contributed by atoms with van der Waals surface area (Å²) >= 11 is 0. The number of fused-ring (bicyclic) bond motifs is 5. The van der Waals surface area contributed by atoms with Crippen LogP contribution in [-0.2, 0) is 9.59 Å². The standard InChI is InChI=1S/C20H26O2/c1-12-10-13-11-14(21)6-8-19(13,2)16-7-9-20(3)15(18(12)16)4-5-17(20)22/h4-5,11-12,15-16,18H,6-10H2,1-3H3. The van der Waals surface area contributed by atoms with Crippen LogP contribution in [0.5, 0.6) is 0 Å². The molecular weight excluding hydrogens is 272 g/mol. The van der Waals surface area contributed by atoms with Crippen LogP contribution in [0.1, 0.15) is 52.9 Å². The summed E-state index contributed by atoms with van der Waals surface area (Å²) in [5, 5.41) is 0. The van der Waals surface area contributed by atoms with Gasteiger partial charge in [-0.25, -0.2) is 0 Å². The number of allylic oxidation sites excluding steroid dienone is 4. The zero-order chi connectivity index (χ0) is 15.7. The van der Waals surface area contributed by atoms with E-state index in [0.717, 1.165) is 25.7 Å². The second-order valence-electron chi connectivity index (χ2n) is 8.62. The first-order chi connectivity index (χ1) is 10.4. The molecule has 0 bridgehead atoms. The van der Waals surface area contributed by atoms with E-state index < -0.39 is 0 Å². The lowest BCUT2D eigenvalue weighted by molar-refractivity contribution is -0.132. The predicted octanol–water partition coefficient (Wildman–Crippen LogP) is 4.11. The van der Waals surface area contributed by atoms with Gasteiger partial charge in [-0.1, -0.05) is 32.4 Å². The van der Waals surface area contributed by atoms with Crippen LogP contribution >= 0.6 is 0 Å². The zero-order valence-corrected chi connectivity index (χ0v) is 13.9. The molecule has 0 aromatic rings. The molecule has 0 saturated heterocycles. The van der Waals surface area contributed by atoms with Crippen molar-refractivity contribution in [3.63, 3.8) is 0 Å². The van der Waals surface area contributed by atoms with E-state index in [-0.39, 0.29) is 10.8 Å². The topological polar surface area (TPSA) is 34.1 Å². The van der Waals surface area contributed by atoms with Gasteiger partial charge in [-0.2, -0.15) is 0 Å². The molecule has 4 aliphatic carbocycles. The highest BCUT2D eigenvalue weighted by Crippen LogP contribution is 2.64. The third-order valence-corrected chi connectivity index (χ3v) is 7.58. The first-order valence-corrected chi connectivity index (χ1v) is 8.83. The van der Waals surface area contributed by atoms with Crippen LogP contribution in [0.4, 0.5) is 0 Å². The summed E-state index contributed by atoms with van der Waals surface area (Å²) in [4.78, 5) is 24.2. The zero-order valence-electron chi connectivity index (χ0n) is 13.9. The monoisotopic (exact) mass is 298 g/mol. The third-order valence-electron chi connectivity index (χ3n) is 7.58. The lowest BCUT2D eigenvalue weighted by atomic mass is 9.45. The van der Waals surface area contributed by atoms with E-state index >= 15 is 0 Å². The van der Waals surface area contributed by atoms with Crippen molar-refractivity contribution in [2.45, 2.75) is 52.9 Å². The summed E-state index contributed by atoms with van der Waals surface area (Å²) in [6, 6.07) is 0. The molecule has 6 unspecified atom stereocenters. The van der Waals surface area contributed by atoms with Crippen LogP contribution in [0.2, 0.25) is 0 Å². The molecule has 4 aliphatic rings. The summed E-state index contributed by atoms with van der Waals surface area (Å²) in [5.41, 5.74) is 1.43. The smallest absolute Gasteiger partial charge is 0.161 e. The molecule has 0 aromatic carbocycles. The molecule has 22 heavy (non-hydrogen) atoms. The quantitative estimate of drug-likeness (QED) is 0.674. The molecule has 2 nitrogen and oxygen atoms in total. The number of ketones is 2. The van der Waals surface area contributed by atoms with Crippen molar-refractivity contribution < 1.29 is 9.59 Å². The van der Waals surface area contributed by atoms with Crippen molar-refractivity contribution in [1.82, 2.24) is 0 Å². The van der Waals surface area contributed by atoms with Crippen LogP contribution in [0.15, 0.2) is 23.8 Å². The van der Waals surface area contributed by atoms with E-state index in [1.54, 1.807) is 0 Å². The maximum atomic E-state index is 12.4. The van der Waals surface area contributed by atoms with Crippen molar-refractivity contribution in [3.8, 4) is 0 Å². The van der Waals surface area contributed by atoms with Crippen LogP contribution < -0.4 is 0 Å². The Morgan fingerprint density at radius 3 is 2.68 bits per heavy atom. The molecule has 0 heterocycles. The van der Waals surface area contributed by atoms with E-state index in [0.29, 0.717) is 41.7 Å². The summed E-state index contributed by atoms with van der Waals surface area (Å²) in [5.74, 6) is 2.85. The Balaban J connectivity index is 1.77. The normalized spacial score (nSPS) is 50.2. The summed E-state index contributed by atoms with van der Waals surface area (Å²) in [6.07, 6.45) is 10.9. The van der Waals surface area contributed by atoms with E-state index in [9.17, 15) is 9.59 Å². The molecule has 2 heteroatoms. The first kappa shape index (κ1) is 14.4. The number of rotatable bonds is 0. The van der Waals surface area contributed by atoms with Crippen molar-refractivity contribution in [2.24, 2.45) is 34.5 Å². The summed E-state index contributed by atoms with van der Waals surface area (Å²) in [6.45, 7) is 6.90. The molecular formula is C20H26O2. The van der Waals surface area contributed by atoms with Crippen molar-refractivity contribution in [3.05, 3.63) is 23.8 Å². The van der Waals surface area contributed by atoms with Crippen molar-refractivity contribution in [1.29, 1.82) is 0 Å². The maximum Gasteiger partial charge on any atom is 0.161 e. The molecule has 0 radical (unpaired) electrons. The number of carbonyl (C=O) groups is 2. The number of hydrogen-bond donors (Lipinski definition) is 0. The predicted molar refractivity (Wildman–Crippen MR) is 86.2 cm³/mol. The Kier molecular flexibility index (Phi) is 2.90. The lowest BCUT2D eigenvalue weighted by Crippen LogP contribution is -2.53. The Hall–Kier alpha value is -1.18. The van der Waals surface area contributed by atoms with Crippen LogP contribution in [0, 0.1) is 34.5 Å². The van der Waals surface area contributed by atoms with Gasteiger partial charge in [0, 0.05) is 11.8 Å². The van der Waals surface area contributed by atoms with Gasteiger partial charge in [0.05, 0.1) is 0 Å². The maximum absolute atomic E-state index is 12.4. The van der Waals surface area contributed by atoms with Gasteiger partial charge in [-0.05, 0) is 66.9 Å². The van der Waals surface area contributed by atoms with Gasteiger partial charge in [0.2, 0.25) is 0 Å². The fourth-order valence-corrected chi connectivity index (χ4v) is 6.17. The van der Waals surface area contributed by atoms with E-state index in [2.05, 4.69) is 26.8 Å². The average Bonchev–Trinajstić information content (AvgIpc) is 2.77. The second kappa shape index (κ2) is 4.43. The van der Waals surface area contributed by atoms with Gasteiger partial charge >= 0.3 is 0 Å². The van der Waals surface area contributed by atoms with Gasteiger partial charge in [0.1, 0.15) is 0 Å². The van der Waals surface area contributed by atoms with Gasteiger partial charge in [-0.3, -0.25) is 9.59 Å². The van der Waals surface area contributed by atoms with Gasteiger partial charge < -0.3 is 0 Å². The minimum absolute atomic E-state index is 0.155. The van der Waals surface area contributed by atoms with Crippen LogP contribution in [0.25, 0.3) is 0 Å². The molecule has 0 aliphatic heterocycles. The molecule has 0 aromatic heterocycles. The molecule has 2 saturated carbocycles. The highest BCUT2D eigenvalue weighted by Gasteiger charge is 2.59. The molecule has 118 valence electrons. The Bertz CT molecular complexity index is 613. The third kappa shape index (κ3) is 1.67. The van der Waals surface area contributed by atoms with Crippen LogP contribution in [0.3, 0.4) is 0 Å². The Morgan fingerprint density at radius 1 is 1.14 bits per heavy atom.